The molecule has 6 nitrogen and oxygen atoms in total. The standard InChI is InChI=1S/C19H21Cl2N3O3S/c1-22-9-11-24(12-10-22)19(25)17-8-5-15(13-18(17)21)23(2)28(26,27)16-6-3-14(20)4-7-16/h3-8,13H,9-12H2,1-2H3. The number of nitrogens with zero attached hydrogens (tertiary/aromatic N) is 3. The lowest BCUT2D eigenvalue weighted by molar-refractivity contribution is 0.0664. The molecule has 0 aliphatic carbocycles. The smallest absolute Gasteiger partial charge is 0.264 e. The van der Waals surface area contributed by atoms with Gasteiger partial charge in [-0.1, -0.05) is 23.2 Å². The van der Waals surface area contributed by atoms with Gasteiger partial charge in [0.25, 0.3) is 15.9 Å². The van der Waals surface area contributed by atoms with Crippen molar-refractivity contribution < 1.29 is 13.2 Å². The van der Waals surface area contributed by atoms with Gasteiger partial charge in [-0.3, -0.25) is 9.10 Å². The number of halogens is 2. The molecule has 0 radical (unpaired) electrons. The van der Waals surface area contributed by atoms with Crippen molar-refractivity contribution >= 4 is 44.8 Å². The first-order chi connectivity index (χ1) is 13.2. The molecule has 150 valence electrons. The van der Waals surface area contributed by atoms with Crippen molar-refractivity contribution in [1.82, 2.24) is 9.80 Å². The summed E-state index contributed by atoms with van der Waals surface area (Å²) in [6, 6.07) is 10.6. The highest BCUT2D eigenvalue weighted by Crippen LogP contribution is 2.28. The highest BCUT2D eigenvalue weighted by Gasteiger charge is 2.25. The Morgan fingerprint density at radius 3 is 2.18 bits per heavy atom. The number of benzene rings is 2. The third-order valence-electron chi connectivity index (χ3n) is 4.81. The molecule has 3 rings (SSSR count). The number of amides is 1. The van der Waals surface area contributed by atoms with Crippen LogP contribution in [-0.2, 0) is 10.0 Å². The molecule has 1 aliphatic rings. The van der Waals surface area contributed by atoms with Crippen LogP contribution in [0.25, 0.3) is 0 Å². The van der Waals surface area contributed by atoms with Gasteiger partial charge in [-0.25, -0.2) is 8.42 Å². The van der Waals surface area contributed by atoms with E-state index in [0.717, 1.165) is 17.4 Å². The molecule has 1 saturated heterocycles. The summed E-state index contributed by atoms with van der Waals surface area (Å²) < 4.78 is 26.8. The quantitative estimate of drug-likeness (QED) is 0.730. The van der Waals surface area contributed by atoms with Crippen molar-refractivity contribution in [2.45, 2.75) is 4.90 Å². The van der Waals surface area contributed by atoms with Crippen LogP contribution < -0.4 is 4.31 Å². The first-order valence-corrected chi connectivity index (χ1v) is 10.9. The van der Waals surface area contributed by atoms with Gasteiger partial charge in [0.1, 0.15) is 0 Å². The first kappa shape index (κ1) is 20.9. The van der Waals surface area contributed by atoms with Crippen LogP contribution in [0, 0.1) is 0 Å². The zero-order valence-electron chi connectivity index (χ0n) is 15.6. The Labute approximate surface area is 175 Å². The second kappa shape index (κ2) is 8.29. The lowest BCUT2D eigenvalue weighted by Crippen LogP contribution is -2.47. The second-order valence-corrected chi connectivity index (χ2v) is 9.50. The van der Waals surface area contributed by atoms with Gasteiger partial charge in [0.15, 0.2) is 0 Å². The van der Waals surface area contributed by atoms with Crippen LogP contribution in [0.5, 0.6) is 0 Å². The number of rotatable bonds is 4. The minimum absolute atomic E-state index is 0.119. The van der Waals surface area contributed by atoms with Crippen LogP contribution in [0.3, 0.4) is 0 Å². The fourth-order valence-corrected chi connectivity index (χ4v) is 4.53. The number of sulfonamides is 1. The summed E-state index contributed by atoms with van der Waals surface area (Å²) >= 11 is 12.2. The van der Waals surface area contributed by atoms with E-state index in [1.165, 1.54) is 37.4 Å². The van der Waals surface area contributed by atoms with E-state index in [2.05, 4.69) is 4.90 Å². The zero-order chi connectivity index (χ0) is 20.5. The molecular weight excluding hydrogens is 421 g/mol. The molecule has 0 unspecified atom stereocenters. The summed E-state index contributed by atoms with van der Waals surface area (Å²) in [5.41, 5.74) is 0.738. The lowest BCUT2D eigenvalue weighted by atomic mass is 10.1. The number of carbonyl (C=O) groups is 1. The fraction of sp³-hybridized carbons (Fsp3) is 0.316. The van der Waals surface area contributed by atoms with Gasteiger partial charge >= 0.3 is 0 Å². The van der Waals surface area contributed by atoms with Gasteiger partial charge in [0.2, 0.25) is 0 Å². The maximum atomic E-state index is 12.8. The summed E-state index contributed by atoms with van der Waals surface area (Å²) in [7, 11) is -0.314. The Bertz CT molecular complexity index is 972. The molecule has 2 aromatic carbocycles. The number of carbonyl (C=O) groups excluding carboxylic acids is 1. The van der Waals surface area contributed by atoms with Crippen LogP contribution in [0.4, 0.5) is 5.69 Å². The third-order valence-corrected chi connectivity index (χ3v) is 7.17. The molecule has 9 heteroatoms. The molecule has 0 saturated carbocycles. The number of likely N-dealkylation sites (N-methyl/N-ethyl adjacent to an activating group) is 1. The van der Waals surface area contributed by atoms with Gasteiger partial charge in [-0.15, -0.1) is 0 Å². The molecule has 1 fully saturated rings. The summed E-state index contributed by atoms with van der Waals surface area (Å²) in [6.07, 6.45) is 0. The van der Waals surface area contributed by atoms with Crippen LogP contribution in [0.15, 0.2) is 47.4 Å². The van der Waals surface area contributed by atoms with Crippen LogP contribution in [-0.4, -0.2) is 64.4 Å². The Kier molecular flexibility index (Phi) is 6.19. The summed E-state index contributed by atoms with van der Waals surface area (Å²) in [5.74, 6) is -0.145. The number of piperazine rings is 1. The highest BCUT2D eigenvalue weighted by atomic mass is 35.5. The minimum Gasteiger partial charge on any atom is -0.336 e. The maximum absolute atomic E-state index is 12.8. The van der Waals surface area contributed by atoms with E-state index in [4.69, 9.17) is 23.2 Å². The van der Waals surface area contributed by atoms with E-state index in [-0.39, 0.29) is 15.8 Å². The predicted molar refractivity (Wildman–Crippen MR) is 112 cm³/mol. The Morgan fingerprint density at radius 1 is 1.00 bits per heavy atom. The normalized spacial score (nSPS) is 15.5. The summed E-state index contributed by atoms with van der Waals surface area (Å²) in [6.45, 7) is 2.89. The van der Waals surface area contributed by atoms with Crippen molar-refractivity contribution in [1.29, 1.82) is 0 Å². The third kappa shape index (κ3) is 4.27. The molecule has 0 atom stereocenters. The molecule has 2 aromatic rings. The van der Waals surface area contributed by atoms with Crippen molar-refractivity contribution in [2.24, 2.45) is 0 Å². The fourth-order valence-electron chi connectivity index (χ4n) is 2.96. The van der Waals surface area contributed by atoms with Crippen LogP contribution in [0.1, 0.15) is 10.4 Å². The van der Waals surface area contributed by atoms with Crippen LogP contribution in [0.2, 0.25) is 10.0 Å². The molecule has 0 bridgehead atoms. The van der Waals surface area contributed by atoms with E-state index in [1.54, 1.807) is 17.0 Å². The van der Waals surface area contributed by atoms with Gasteiger partial charge in [-0.05, 0) is 49.5 Å². The zero-order valence-corrected chi connectivity index (χ0v) is 17.9. The van der Waals surface area contributed by atoms with E-state index < -0.39 is 10.0 Å². The van der Waals surface area contributed by atoms with Gasteiger partial charge in [0, 0.05) is 38.2 Å². The minimum atomic E-state index is -3.77. The molecule has 0 N–H and O–H groups in total. The van der Waals surface area contributed by atoms with E-state index in [1.807, 2.05) is 7.05 Å². The Morgan fingerprint density at radius 2 is 1.61 bits per heavy atom. The molecular formula is C19H21Cl2N3O3S. The van der Waals surface area contributed by atoms with Crippen molar-refractivity contribution in [3.8, 4) is 0 Å². The summed E-state index contributed by atoms with van der Waals surface area (Å²) in [4.78, 5) is 16.8. The van der Waals surface area contributed by atoms with Crippen molar-refractivity contribution in [3.05, 3.63) is 58.1 Å². The lowest BCUT2D eigenvalue weighted by Gasteiger charge is -2.32. The Balaban J connectivity index is 1.83. The van der Waals surface area contributed by atoms with Crippen molar-refractivity contribution in [2.75, 3.05) is 44.6 Å². The first-order valence-electron chi connectivity index (χ1n) is 8.72. The molecule has 1 aliphatic heterocycles. The summed E-state index contributed by atoms with van der Waals surface area (Å²) in [5, 5.41) is 0.677. The Hall–Kier alpha value is -1.80. The monoisotopic (exact) mass is 441 g/mol. The molecule has 0 spiro atoms. The van der Waals surface area contributed by atoms with E-state index in [9.17, 15) is 13.2 Å². The maximum Gasteiger partial charge on any atom is 0.264 e. The largest absolute Gasteiger partial charge is 0.336 e. The van der Waals surface area contributed by atoms with Gasteiger partial charge < -0.3 is 9.80 Å². The van der Waals surface area contributed by atoms with E-state index in [0.29, 0.717) is 29.4 Å². The number of hydrogen-bond acceptors (Lipinski definition) is 4. The van der Waals surface area contributed by atoms with Crippen molar-refractivity contribution in [3.63, 3.8) is 0 Å². The predicted octanol–water partition coefficient (Wildman–Crippen LogP) is 3.21. The van der Waals surface area contributed by atoms with E-state index >= 15 is 0 Å². The van der Waals surface area contributed by atoms with Gasteiger partial charge in [-0.2, -0.15) is 0 Å². The average molecular weight is 442 g/mol. The molecule has 28 heavy (non-hydrogen) atoms. The molecule has 1 heterocycles. The second-order valence-electron chi connectivity index (χ2n) is 6.69. The highest BCUT2D eigenvalue weighted by molar-refractivity contribution is 7.92. The van der Waals surface area contributed by atoms with Crippen LogP contribution >= 0.6 is 23.2 Å². The number of hydrogen-bond donors (Lipinski definition) is 0. The topological polar surface area (TPSA) is 60.9 Å². The number of anilines is 1. The average Bonchev–Trinajstić information content (AvgIpc) is 2.67. The molecule has 0 aromatic heterocycles. The SMILES string of the molecule is CN1CCN(C(=O)c2ccc(N(C)S(=O)(=O)c3ccc(Cl)cc3)cc2Cl)CC1. The molecule has 1 amide bonds. The van der Waals surface area contributed by atoms with Gasteiger partial charge in [0.05, 0.1) is 21.2 Å².